The van der Waals surface area contributed by atoms with Crippen molar-refractivity contribution >= 4 is 5.82 Å². The molecular formula is C15H19N3O2. The van der Waals surface area contributed by atoms with Gasteiger partial charge in [-0.1, -0.05) is 30.3 Å². The second-order valence-electron chi connectivity index (χ2n) is 4.87. The Bertz CT molecular complexity index is 608. The average Bonchev–Trinajstić information content (AvgIpc) is 2.47. The number of nitrogens with zero attached hydrogens (tertiary/aromatic N) is 2. The van der Waals surface area contributed by atoms with Crippen molar-refractivity contribution in [2.45, 2.75) is 25.9 Å². The molecule has 0 amide bonds. The van der Waals surface area contributed by atoms with Crippen molar-refractivity contribution in [3.05, 3.63) is 58.6 Å². The summed E-state index contributed by atoms with van der Waals surface area (Å²) < 4.78 is 1.61. The molecule has 20 heavy (non-hydrogen) atoms. The number of hydrogen-bond donors (Lipinski definition) is 2. The highest BCUT2D eigenvalue weighted by Crippen LogP contribution is 2.15. The maximum absolute atomic E-state index is 12.2. The predicted molar refractivity (Wildman–Crippen MR) is 78.8 cm³/mol. The van der Waals surface area contributed by atoms with Gasteiger partial charge in [0.2, 0.25) is 0 Å². The normalized spacial score (nSPS) is 12.4. The minimum absolute atomic E-state index is 0.0651. The molecule has 0 radical (unpaired) electrons. The Morgan fingerprint density at radius 3 is 2.60 bits per heavy atom. The first-order chi connectivity index (χ1) is 9.63. The zero-order valence-electron chi connectivity index (χ0n) is 11.7. The smallest absolute Gasteiger partial charge is 0.293 e. The van der Waals surface area contributed by atoms with Gasteiger partial charge in [-0.2, -0.15) is 0 Å². The lowest BCUT2D eigenvalue weighted by atomic mass is 10.1. The first-order valence-electron chi connectivity index (χ1n) is 6.63. The summed E-state index contributed by atoms with van der Waals surface area (Å²) in [4.78, 5) is 16.3. The lowest BCUT2D eigenvalue weighted by Crippen LogP contribution is -2.28. The largest absolute Gasteiger partial charge is 0.394 e. The molecule has 1 unspecified atom stereocenters. The van der Waals surface area contributed by atoms with Crippen LogP contribution in [-0.4, -0.2) is 21.3 Å². The van der Waals surface area contributed by atoms with Gasteiger partial charge in [0.05, 0.1) is 12.6 Å². The Morgan fingerprint density at radius 2 is 2.00 bits per heavy atom. The number of aliphatic hydroxyl groups excluding tert-OH is 1. The summed E-state index contributed by atoms with van der Waals surface area (Å²) in [5.41, 5.74) is 0.730. The monoisotopic (exact) mass is 273 g/mol. The molecular weight excluding hydrogens is 254 g/mol. The van der Waals surface area contributed by atoms with E-state index in [0.29, 0.717) is 0 Å². The van der Waals surface area contributed by atoms with Crippen LogP contribution < -0.4 is 10.9 Å². The number of benzene rings is 1. The van der Waals surface area contributed by atoms with Crippen LogP contribution in [0.1, 0.15) is 31.5 Å². The van der Waals surface area contributed by atoms with Crippen LogP contribution in [0.5, 0.6) is 0 Å². The summed E-state index contributed by atoms with van der Waals surface area (Å²) >= 11 is 0. The topological polar surface area (TPSA) is 67.2 Å². The summed E-state index contributed by atoms with van der Waals surface area (Å²) in [7, 11) is 0. The number of aliphatic hydroxyl groups is 1. The van der Waals surface area contributed by atoms with Crippen molar-refractivity contribution in [3.8, 4) is 0 Å². The number of rotatable bonds is 5. The second kappa shape index (κ2) is 6.34. The maximum Gasteiger partial charge on any atom is 0.293 e. The van der Waals surface area contributed by atoms with Crippen molar-refractivity contribution in [2.75, 3.05) is 11.9 Å². The Hall–Kier alpha value is -2.14. The van der Waals surface area contributed by atoms with Crippen LogP contribution in [0, 0.1) is 0 Å². The van der Waals surface area contributed by atoms with E-state index in [2.05, 4.69) is 10.3 Å². The Kier molecular flexibility index (Phi) is 4.53. The van der Waals surface area contributed by atoms with Crippen molar-refractivity contribution < 1.29 is 5.11 Å². The first kappa shape index (κ1) is 14.3. The van der Waals surface area contributed by atoms with Crippen LogP contribution in [0.15, 0.2) is 47.5 Å². The molecule has 2 aromatic rings. The summed E-state index contributed by atoms with van der Waals surface area (Å²) in [5.74, 6) is 0.254. The fourth-order valence-corrected chi connectivity index (χ4v) is 2.02. The molecule has 2 rings (SSSR count). The summed E-state index contributed by atoms with van der Waals surface area (Å²) in [6.07, 6.45) is 3.25. The molecule has 1 atom stereocenters. The molecule has 0 fully saturated rings. The lowest BCUT2D eigenvalue weighted by Gasteiger charge is -2.18. The summed E-state index contributed by atoms with van der Waals surface area (Å²) in [6, 6.07) is 9.21. The molecule has 5 nitrogen and oxygen atoms in total. The fraction of sp³-hybridized carbons (Fsp3) is 0.333. The molecule has 0 saturated heterocycles. The van der Waals surface area contributed by atoms with E-state index in [-0.39, 0.29) is 30.1 Å². The molecule has 0 saturated carbocycles. The van der Waals surface area contributed by atoms with E-state index in [1.807, 2.05) is 44.2 Å². The van der Waals surface area contributed by atoms with Gasteiger partial charge >= 0.3 is 0 Å². The van der Waals surface area contributed by atoms with E-state index in [1.165, 1.54) is 0 Å². The quantitative estimate of drug-likeness (QED) is 0.874. The highest BCUT2D eigenvalue weighted by molar-refractivity contribution is 5.36. The summed E-state index contributed by atoms with van der Waals surface area (Å²) in [6.45, 7) is 3.76. The minimum Gasteiger partial charge on any atom is -0.394 e. The third-order valence-corrected chi connectivity index (χ3v) is 3.12. The number of hydrogen-bond acceptors (Lipinski definition) is 4. The molecule has 0 spiro atoms. The first-order valence-corrected chi connectivity index (χ1v) is 6.63. The van der Waals surface area contributed by atoms with Gasteiger partial charge in [0, 0.05) is 18.4 Å². The van der Waals surface area contributed by atoms with Crippen molar-refractivity contribution in [1.82, 2.24) is 9.55 Å². The SMILES string of the molecule is CC(C)n1ccnc(NC(CO)c2ccccc2)c1=O. The van der Waals surface area contributed by atoms with Gasteiger partial charge < -0.3 is 15.0 Å². The van der Waals surface area contributed by atoms with Crippen molar-refractivity contribution in [2.24, 2.45) is 0 Å². The van der Waals surface area contributed by atoms with Crippen molar-refractivity contribution in [3.63, 3.8) is 0 Å². The third-order valence-electron chi connectivity index (χ3n) is 3.12. The predicted octanol–water partition coefficient (Wildman–Crippen LogP) is 1.97. The molecule has 0 aliphatic heterocycles. The Morgan fingerprint density at radius 1 is 1.30 bits per heavy atom. The fourth-order valence-electron chi connectivity index (χ4n) is 2.02. The third kappa shape index (κ3) is 3.05. The van der Waals surface area contributed by atoms with E-state index in [4.69, 9.17) is 0 Å². The highest BCUT2D eigenvalue weighted by Gasteiger charge is 2.14. The van der Waals surface area contributed by atoms with E-state index >= 15 is 0 Å². The number of nitrogens with one attached hydrogen (secondary N) is 1. The maximum atomic E-state index is 12.2. The molecule has 1 heterocycles. The Balaban J connectivity index is 2.29. The molecule has 1 aromatic carbocycles. The standard InChI is InChI=1S/C15H19N3O2/c1-11(2)18-9-8-16-14(15(18)20)17-13(10-19)12-6-4-3-5-7-12/h3-9,11,13,19H,10H2,1-2H3,(H,16,17). The van der Waals surface area contributed by atoms with Crippen LogP contribution in [0.25, 0.3) is 0 Å². The van der Waals surface area contributed by atoms with Gasteiger partial charge in [-0.15, -0.1) is 0 Å². The molecule has 0 aliphatic rings. The van der Waals surface area contributed by atoms with Crippen LogP contribution in [0.4, 0.5) is 5.82 Å². The van der Waals surface area contributed by atoms with E-state index in [0.717, 1.165) is 5.56 Å². The minimum atomic E-state index is -0.348. The summed E-state index contributed by atoms with van der Waals surface area (Å²) in [5, 5.41) is 12.5. The Labute approximate surface area is 117 Å². The van der Waals surface area contributed by atoms with Crippen LogP contribution in [0.3, 0.4) is 0 Å². The second-order valence-corrected chi connectivity index (χ2v) is 4.87. The van der Waals surface area contributed by atoms with Gasteiger partial charge in [0.25, 0.3) is 5.56 Å². The van der Waals surface area contributed by atoms with E-state index in [9.17, 15) is 9.90 Å². The van der Waals surface area contributed by atoms with Gasteiger partial charge in [-0.25, -0.2) is 4.98 Å². The number of aromatic nitrogens is 2. The van der Waals surface area contributed by atoms with Gasteiger partial charge in [0.15, 0.2) is 5.82 Å². The molecule has 5 heteroatoms. The van der Waals surface area contributed by atoms with Crippen molar-refractivity contribution in [1.29, 1.82) is 0 Å². The molecule has 106 valence electrons. The van der Waals surface area contributed by atoms with Gasteiger partial charge in [-0.3, -0.25) is 4.79 Å². The molecule has 0 bridgehead atoms. The molecule has 2 N–H and O–H groups in total. The van der Waals surface area contributed by atoms with E-state index < -0.39 is 0 Å². The molecule has 1 aromatic heterocycles. The number of anilines is 1. The van der Waals surface area contributed by atoms with Crippen LogP contribution >= 0.6 is 0 Å². The zero-order valence-corrected chi connectivity index (χ0v) is 11.7. The van der Waals surface area contributed by atoms with Crippen LogP contribution in [0.2, 0.25) is 0 Å². The lowest BCUT2D eigenvalue weighted by molar-refractivity contribution is 0.276. The van der Waals surface area contributed by atoms with Gasteiger partial charge in [-0.05, 0) is 19.4 Å². The van der Waals surface area contributed by atoms with E-state index in [1.54, 1.807) is 17.0 Å². The van der Waals surface area contributed by atoms with Crippen LogP contribution in [-0.2, 0) is 0 Å². The molecule has 0 aliphatic carbocycles. The zero-order chi connectivity index (χ0) is 14.5. The highest BCUT2D eigenvalue weighted by atomic mass is 16.3. The average molecular weight is 273 g/mol. The van der Waals surface area contributed by atoms with Gasteiger partial charge in [0.1, 0.15) is 0 Å².